The van der Waals surface area contributed by atoms with E-state index in [4.69, 9.17) is 4.74 Å². The summed E-state index contributed by atoms with van der Waals surface area (Å²) in [5, 5.41) is 5.62. The van der Waals surface area contributed by atoms with Crippen LogP contribution in [-0.2, 0) is 9.53 Å². The fraction of sp³-hybridized carbons (Fsp3) is 0.529. The van der Waals surface area contributed by atoms with Gasteiger partial charge in [-0.2, -0.15) is 0 Å². The number of amides is 3. The van der Waals surface area contributed by atoms with Crippen LogP contribution in [0.3, 0.4) is 0 Å². The maximum atomic E-state index is 12.3. The van der Waals surface area contributed by atoms with Crippen molar-refractivity contribution in [2.45, 2.75) is 20.3 Å². The van der Waals surface area contributed by atoms with Crippen LogP contribution in [0.1, 0.15) is 20.3 Å². The first-order valence-corrected chi connectivity index (χ1v) is 7.92. The van der Waals surface area contributed by atoms with Gasteiger partial charge in [0.1, 0.15) is 6.61 Å². The summed E-state index contributed by atoms with van der Waals surface area (Å²) in [6, 6.07) is 6.99. The van der Waals surface area contributed by atoms with Crippen LogP contribution in [0, 0.1) is 11.8 Å². The third-order valence-electron chi connectivity index (χ3n) is 3.85. The van der Waals surface area contributed by atoms with Crippen molar-refractivity contribution in [2.24, 2.45) is 11.8 Å². The maximum Gasteiger partial charge on any atom is 0.321 e. The van der Waals surface area contributed by atoms with E-state index >= 15 is 0 Å². The van der Waals surface area contributed by atoms with Crippen LogP contribution < -0.4 is 10.6 Å². The Bertz CT molecular complexity index is 535. The van der Waals surface area contributed by atoms with Crippen molar-refractivity contribution >= 4 is 23.3 Å². The fourth-order valence-corrected chi connectivity index (χ4v) is 3.00. The molecule has 0 spiro atoms. The number of hydrogen-bond acceptors (Lipinski definition) is 3. The summed E-state index contributed by atoms with van der Waals surface area (Å²) in [7, 11) is 1.47. The van der Waals surface area contributed by atoms with Gasteiger partial charge in [0, 0.05) is 31.6 Å². The standard InChI is InChI=1S/C17H25N3O3/c1-12-8-13(2)10-20(9-12)17(22)19-15-6-4-14(5-7-15)18-16(21)11-23-3/h4-7,12-13H,8-11H2,1-3H3,(H,18,21)(H,19,22)/t12-,13+. The van der Waals surface area contributed by atoms with E-state index in [0.717, 1.165) is 13.1 Å². The molecule has 3 amide bonds. The summed E-state index contributed by atoms with van der Waals surface area (Å²) in [5.74, 6) is 0.853. The lowest BCUT2D eigenvalue weighted by atomic mass is 9.92. The molecule has 1 aliphatic rings. The molecule has 1 aromatic carbocycles. The number of hydrogen-bond donors (Lipinski definition) is 2. The molecule has 2 atom stereocenters. The summed E-state index contributed by atoms with van der Waals surface area (Å²) < 4.78 is 4.76. The van der Waals surface area contributed by atoms with Gasteiger partial charge >= 0.3 is 6.03 Å². The largest absolute Gasteiger partial charge is 0.375 e. The smallest absolute Gasteiger partial charge is 0.321 e. The number of benzene rings is 1. The van der Waals surface area contributed by atoms with Gasteiger partial charge < -0.3 is 20.3 Å². The van der Waals surface area contributed by atoms with Gasteiger partial charge in [-0.15, -0.1) is 0 Å². The highest BCUT2D eigenvalue weighted by Gasteiger charge is 2.25. The number of piperidine rings is 1. The van der Waals surface area contributed by atoms with Crippen LogP contribution in [0.25, 0.3) is 0 Å². The first-order chi connectivity index (χ1) is 11.0. The second-order valence-electron chi connectivity index (χ2n) is 6.34. The molecular weight excluding hydrogens is 294 g/mol. The molecule has 0 aromatic heterocycles. The van der Waals surface area contributed by atoms with Gasteiger partial charge in [-0.3, -0.25) is 4.79 Å². The highest BCUT2D eigenvalue weighted by Crippen LogP contribution is 2.22. The number of methoxy groups -OCH3 is 1. The van der Waals surface area contributed by atoms with E-state index in [1.54, 1.807) is 24.3 Å². The van der Waals surface area contributed by atoms with Gasteiger partial charge in [-0.25, -0.2) is 4.79 Å². The molecule has 1 fully saturated rings. The normalized spacial score (nSPS) is 20.9. The lowest BCUT2D eigenvalue weighted by Crippen LogP contribution is -2.44. The average molecular weight is 319 g/mol. The lowest BCUT2D eigenvalue weighted by Gasteiger charge is -2.34. The van der Waals surface area contributed by atoms with Crippen molar-refractivity contribution in [3.05, 3.63) is 24.3 Å². The van der Waals surface area contributed by atoms with E-state index in [2.05, 4.69) is 24.5 Å². The van der Waals surface area contributed by atoms with Crippen molar-refractivity contribution in [2.75, 3.05) is 37.4 Å². The van der Waals surface area contributed by atoms with E-state index in [1.165, 1.54) is 13.5 Å². The van der Waals surface area contributed by atoms with Crippen LogP contribution in [0.15, 0.2) is 24.3 Å². The quantitative estimate of drug-likeness (QED) is 0.896. The lowest BCUT2D eigenvalue weighted by molar-refractivity contribution is -0.119. The van der Waals surface area contributed by atoms with Crippen LogP contribution in [0.5, 0.6) is 0 Å². The molecule has 1 aliphatic heterocycles. The van der Waals surface area contributed by atoms with Gasteiger partial charge in [0.2, 0.25) is 5.91 Å². The first-order valence-electron chi connectivity index (χ1n) is 7.92. The second kappa shape index (κ2) is 7.97. The predicted molar refractivity (Wildman–Crippen MR) is 90.5 cm³/mol. The average Bonchev–Trinajstić information content (AvgIpc) is 2.48. The minimum absolute atomic E-state index is 0.0177. The monoisotopic (exact) mass is 319 g/mol. The number of urea groups is 1. The van der Waals surface area contributed by atoms with Crippen molar-refractivity contribution in [1.82, 2.24) is 4.90 Å². The maximum absolute atomic E-state index is 12.3. The zero-order valence-corrected chi connectivity index (χ0v) is 14.0. The van der Waals surface area contributed by atoms with Crippen LogP contribution in [0.4, 0.5) is 16.2 Å². The fourth-order valence-electron chi connectivity index (χ4n) is 3.00. The molecule has 0 saturated carbocycles. The Kier molecular flexibility index (Phi) is 5.98. The van der Waals surface area contributed by atoms with Crippen LogP contribution in [-0.4, -0.2) is 43.6 Å². The number of nitrogens with zero attached hydrogens (tertiary/aromatic N) is 1. The molecule has 2 rings (SSSR count). The molecule has 6 nitrogen and oxygen atoms in total. The van der Waals surface area contributed by atoms with Gasteiger partial charge in [0.15, 0.2) is 0 Å². The highest BCUT2D eigenvalue weighted by atomic mass is 16.5. The van der Waals surface area contributed by atoms with E-state index in [9.17, 15) is 9.59 Å². The molecule has 1 saturated heterocycles. The van der Waals surface area contributed by atoms with E-state index in [1.807, 2.05) is 4.90 Å². The summed E-state index contributed by atoms with van der Waals surface area (Å²) in [5.41, 5.74) is 1.39. The van der Waals surface area contributed by atoms with E-state index < -0.39 is 0 Å². The van der Waals surface area contributed by atoms with Crippen molar-refractivity contribution in [1.29, 1.82) is 0 Å². The molecule has 126 valence electrons. The van der Waals surface area contributed by atoms with E-state index in [-0.39, 0.29) is 18.5 Å². The molecule has 6 heteroatoms. The van der Waals surface area contributed by atoms with Crippen LogP contribution >= 0.6 is 0 Å². The summed E-state index contributed by atoms with van der Waals surface area (Å²) in [4.78, 5) is 25.6. The van der Waals surface area contributed by atoms with Crippen molar-refractivity contribution in [3.8, 4) is 0 Å². The minimum Gasteiger partial charge on any atom is -0.375 e. The third-order valence-corrected chi connectivity index (χ3v) is 3.85. The molecule has 1 heterocycles. The molecular formula is C17H25N3O3. The number of carbonyl (C=O) groups is 2. The Morgan fingerprint density at radius 2 is 1.61 bits per heavy atom. The molecule has 2 N–H and O–H groups in total. The van der Waals surface area contributed by atoms with Crippen molar-refractivity contribution in [3.63, 3.8) is 0 Å². The molecule has 1 aromatic rings. The molecule has 0 radical (unpaired) electrons. The summed E-state index contributed by atoms with van der Waals surface area (Å²) in [6.45, 7) is 5.95. The second-order valence-corrected chi connectivity index (χ2v) is 6.34. The van der Waals surface area contributed by atoms with Gasteiger partial charge in [-0.05, 0) is 42.5 Å². The number of nitrogens with one attached hydrogen (secondary N) is 2. The SMILES string of the molecule is COCC(=O)Nc1ccc(NC(=O)N2C[C@H](C)C[C@H](C)C2)cc1. The highest BCUT2D eigenvalue weighted by molar-refractivity contribution is 5.93. The third kappa shape index (κ3) is 5.25. The Morgan fingerprint density at radius 3 is 2.13 bits per heavy atom. The Balaban J connectivity index is 1.90. The molecule has 23 heavy (non-hydrogen) atoms. The first kappa shape index (κ1) is 17.3. The number of ether oxygens (including phenoxy) is 1. The predicted octanol–water partition coefficient (Wildman–Crippen LogP) is 2.78. The summed E-state index contributed by atoms with van der Waals surface area (Å²) >= 11 is 0. The van der Waals surface area contributed by atoms with Gasteiger partial charge in [-0.1, -0.05) is 13.8 Å². The number of anilines is 2. The van der Waals surface area contributed by atoms with Gasteiger partial charge in [0.05, 0.1) is 0 Å². The Morgan fingerprint density at radius 1 is 1.09 bits per heavy atom. The van der Waals surface area contributed by atoms with Crippen LogP contribution in [0.2, 0.25) is 0 Å². The van der Waals surface area contributed by atoms with E-state index in [0.29, 0.717) is 23.2 Å². The van der Waals surface area contributed by atoms with Gasteiger partial charge in [0.25, 0.3) is 0 Å². The number of rotatable bonds is 4. The Hall–Kier alpha value is -2.08. The molecule has 0 aliphatic carbocycles. The molecule has 0 bridgehead atoms. The topological polar surface area (TPSA) is 70.7 Å². The number of likely N-dealkylation sites (tertiary alicyclic amines) is 1. The Labute approximate surface area is 137 Å². The van der Waals surface area contributed by atoms with Crippen molar-refractivity contribution < 1.29 is 14.3 Å². The minimum atomic E-state index is -0.208. The molecule has 0 unspecified atom stereocenters. The number of carbonyl (C=O) groups excluding carboxylic acids is 2. The zero-order valence-electron chi connectivity index (χ0n) is 14.0. The summed E-state index contributed by atoms with van der Waals surface area (Å²) in [6.07, 6.45) is 1.17. The zero-order chi connectivity index (χ0) is 16.8.